The summed E-state index contributed by atoms with van der Waals surface area (Å²) in [6.07, 6.45) is 0. The van der Waals surface area contributed by atoms with Crippen LogP contribution in [0.1, 0.15) is 25.0 Å². The first-order chi connectivity index (χ1) is 8.15. The van der Waals surface area contributed by atoms with Gasteiger partial charge in [-0.25, -0.2) is 8.42 Å². The maximum atomic E-state index is 12.0. The molecule has 1 aromatic carbocycles. The van der Waals surface area contributed by atoms with Crippen LogP contribution in [0.3, 0.4) is 0 Å². The summed E-state index contributed by atoms with van der Waals surface area (Å²) in [6, 6.07) is 5.62. The molecule has 4 nitrogen and oxygen atoms in total. The molecule has 2 N–H and O–H groups in total. The molecular weight excluding hydrogens is 250 g/mol. The number of aliphatic hydroxyl groups excluding tert-OH is 1. The van der Waals surface area contributed by atoms with E-state index in [-0.39, 0.29) is 12.4 Å². The van der Waals surface area contributed by atoms with Crippen LogP contribution in [0.2, 0.25) is 0 Å². The normalized spacial score (nSPS) is 12.5. The van der Waals surface area contributed by atoms with Gasteiger partial charge in [-0.15, -0.1) is 0 Å². The molecule has 0 unspecified atom stereocenters. The molecule has 0 spiro atoms. The molecule has 0 fully saturated rings. The van der Waals surface area contributed by atoms with Crippen LogP contribution in [0.25, 0.3) is 0 Å². The summed E-state index contributed by atoms with van der Waals surface area (Å²) in [5, 5.41) is 9.13. The van der Waals surface area contributed by atoms with Gasteiger partial charge in [0.2, 0.25) is 10.0 Å². The number of benzene rings is 1. The molecule has 0 aliphatic carbocycles. The summed E-state index contributed by atoms with van der Waals surface area (Å²) in [7, 11) is -3.45. The van der Waals surface area contributed by atoms with E-state index in [9.17, 15) is 8.42 Å². The number of sulfonamides is 1. The molecule has 0 heterocycles. The zero-order chi connectivity index (χ0) is 14.0. The predicted octanol–water partition coefficient (Wildman–Crippen LogP) is 2.06. The van der Waals surface area contributed by atoms with Crippen molar-refractivity contribution in [3.63, 3.8) is 0 Å². The summed E-state index contributed by atoms with van der Waals surface area (Å²) in [6.45, 7) is 7.04. The van der Waals surface area contributed by atoms with Crippen molar-refractivity contribution in [3.8, 4) is 0 Å². The van der Waals surface area contributed by atoms with Crippen molar-refractivity contribution >= 4 is 15.7 Å². The van der Waals surface area contributed by atoms with Gasteiger partial charge in [0.1, 0.15) is 0 Å². The largest absolute Gasteiger partial charge is 0.396 e. The van der Waals surface area contributed by atoms with Gasteiger partial charge in [-0.2, -0.15) is 0 Å². The molecule has 18 heavy (non-hydrogen) atoms. The molecule has 0 amide bonds. The molecule has 102 valence electrons. The molecule has 0 aromatic heterocycles. The molecule has 0 saturated carbocycles. The van der Waals surface area contributed by atoms with E-state index in [2.05, 4.69) is 4.72 Å². The standard InChI is InChI=1S/C13H21NO3S/c1-10-5-6-11(2)12(7-10)14-18(16,17)9-13(3,4)8-15/h5-7,14-15H,8-9H2,1-4H3. The number of aryl methyl sites for hydroxylation is 2. The van der Waals surface area contributed by atoms with Crippen molar-refractivity contribution in [2.24, 2.45) is 5.41 Å². The number of rotatable bonds is 5. The third-order valence-electron chi connectivity index (χ3n) is 2.67. The first-order valence-corrected chi connectivity index (χ1v) is 7.49. The Morgan fingerprint density at radius 3 is 2.44 bits per heavy atom. The molecular formula is C13H21NO3S. The molecule has 1 aromatic rings. The first-order valence-electron chi connectivity index (χ1n) is 5.84. The van der Waals surface area contributed by atoms with Crippen LogP contribution in [0, 0.1) is 19.3 Å². The maximum absolute atomic E-state index is 12.0. The van der Waals surface area contributed by atoms with Gasteiger partial charge in [0.05, 0.1) is 11.4 Å². The fraction of sp³-hybridized carbons (Fsp3) is 0.538. The first kappa shape index (κ1) is 15.0. The minimum absolute atomic E-state index is 0.107. The highest BCUT2D eigenvalue weighted by molar-refractivity contribution is 7.92. The number of hydrogen-bond acceptors (Lipinski definition) is 3. The van der Waals surface area contributed by atoms with E-state index in [1.807, 2.05) is 26.0 Å². The molecule has 0 aliphatic heterocycles. The van der Waals surface area contributed by atoms with E-state index in [0.717, 1.165) is 11.1 Å². The Morgan fingerprint density at radius 2 is 1.89 bits per heavy atom. The number of nitrogens with one attached hydrogen (secondary N) is 1. The van der Waals surface area contributed by atoms with E-state index in [0.29, 0.717) is 5.69 Å². The quantitative estimate of drug-likeness (QED) is 0.861. The zero-order valence-corrected chi connectivity index (χ0v) is 12.1. The van der Waals surface area contributed by atoms with Crippen LogP contribution in [0.15, 0.2) is 18.2 Å². The third kappa shape index (κ3) is 4.31. The summed E-state index contributed by atoms with van der Waals surface area (Å²) in [5.41, 5.74) is 1.83. The summed E-state index contributed by atoms with van der Waals surface area (Å²) in [5.74, 6) is -0.107. The summed E-state index contributed by atoms with van der Waals surface area (Å²) in [4.78, 5) is 0. The molecule has 0 radical (unpaired) electrons. The monoisotopic (exact) mass is 271 g/mol. The van der Waals surface area contributed by atoms with Crippen LogP contribution in [-0.2, 0) is 10.0 Å². The lowest BCUT2D eigenvalue weighted by Gasteiger charge is -2.22. The van der Waals surface area contributed by atoms with Crippen molar-refractivity contribution in [2.45, 2.75) is 27.7 Å². The lowest BCUT2D eigenvalue weighted by atomic mass is 9.98. The second-order valence-corrected chi connectivity index (χ2v) is 7.22. The van der Waals surface area contributed by atoms with Crippen LogP contribution in [0.5, 0.6) is 0 Å². The molecule has 5 heteroatoms. The van der Waals surface area contributed by atoms with E-state index < -0.39 is 15.4 Å². The molecule has 0 saturated heterocycles. The summed E-state index contributed by atoms with van der Waals surface area (Å²) < 4.78 is 26.6. The average Bonchev–Trinajstić information content (AvgIpc) is 2.21. The Hall–Kier alpha value is -1.07. The van der Waals surface area contributed by atoms with Crippen molar-refractivity contribution < 1.29 is 13.5 Å². The van der Waals surface area contributed by atoms with Gasteiger partial charge in [-0.3, -0.25) is 4.72 Å². The smallest absolute Gasteiger partial charge is 0.233 e. The molecule has 0 atom stereocenters. The van der Waals surface area contributed by atoms with Crippen molar-refractivity contribution in [1.82, 2.24) is 0 Å². The van der Waals surface area contributed by atoms with Crippen LogP contribution in [0.4, 0.5) is 5.69 Å². The molecule has 0 bridgehead atoms. The van der Waals surface area contributed by atoms with Crippen LogP contribution in [-0.4, -0.2) is 25.9 Å². The second-order valence-electron chi connectivity index (χ2n) is 5.50. The van der Waals surface area contributed by atoms with Crippen molar-refractivity contribution in [2.75, 3.05) is 17.1 Å². The number of anilines is 1. The highest BCUT2D eigenvalue weighted by Crippen LogP contribution is 2.21. The Labute approximate surface area is 109 Å². The van der Waals surface area contributed by atoms with E-state index >= 15 is 0 Å². The Morgan fingerprint density at radius 1 is 1.28 bits per heavy atom. The van der Waals surface area contributed by atoms with Gasteiger partial charge in [0.15, 0.2) is 0 Å². The van der Waals surface area contributed by atoms with Gasteiger partial charge >= 0.3 is 0 Å². The van der Waals surface area contributed by atoms with Gasteiger partial charge in [0, 0.05) is 12.0 Å². The fourth-order valence-electron chi connectivity index (χ4n) is 1.61. The lowest BCUT2D eigenvalue weighted by molar-refractivity contribution is 0.179. The van der Waals surface area contributed by atoms with Crippen molar-refractivity contribution in [1.29, 1.82) is 0 Å². The van der Waals surface area contributed by atoms with Crippen LogP contribution >= 0.6 is 0 Å². The zero-order valence-electron chi connectivity index (χ0n) is 11.3. The van der Waals surface area contributed by atoms with E-state index in [1.54, 1.807) is 19.9 Å². The lowest BCUT2D eigenvalue weighted by Crippen LogP contribution is -2.31. The average molecular weight is 271 g/mol. The Kier molecular flexibility index (Phi) is 4.40. The van der Waals surface area contributed by atoms with Gasteiger partial charge in [-0.05, 0) is 31.0 Å². The Balaban J connectivity index is 2.93. The summed E-state index contributed by atoms with van der Waals surface area (Å²) >= 11 is 0. The highest BCUT2D eigenvalue weighted by Gasteiger charge is 2.25. The minimum atomic E-state index is -3.45. The van der Waals surface area contributed by atoms with E-state index in [4.69, 9.17) is 5.11 Å². The Bertz CT molecular complexity index is 521. The fourth-order valence-corrected chi connectivity index (χ4v) is 3.36. The molecule has 1 rings (SSSR count). The van der Waals surface area contributed by atoms with Gasteiger partial charge in [0.25, 0.3) is 0 Å². The molecule has 0 aliphatic rings. The predicted molar refractivity (Wildman–Crippen MR) is 74.2 cm³/mol. The SMILES string of the molecule is Cc1ccc(C)c(NS(=O)(=O)CC(C)(C)CO)c1. The second kappa shape index (κ2) is 5.28. The highest BCUT2D eigenvalue weighted by atomic mass is 32.2. The maximum Gasteiger partial charge on any atom is 0.233 e. The minimum Gasteiger partial charge on any atom is -0.396 e. The van der Waals surface area contributed by atoms with Crippen molar-refractivity contribution in [3.05, 3.63) is 29.3 Å². The van der Waals surface area contributed by atoms with Crippen LogP contribution < -0.4 is 4.72 Å². The number of aliphatic hydroxyl groups is 1. The van der Waals surface area contributed by atoms with Gasteiger partial charge in [-0.1, -0.05) is 26.0 Å². The number of hydrogen-bond donors (Lipinski definition) is 2. The van der Waals surface area contributed by atoms with Gasteiger partial charge < -0.3 is 5.11 Å². The topological polar surface area (TPSA) is 66.4 Å². The third-order valence-corrected chi connectivity index (χ3v) is 4.36. The van der Waals surface area contributed by atoms with E-state index in [1.165, 1.54) is 0 Å².